The van der Waals surface area contributed by atoms with Gasteiger partial charge in [-0.3, -0.25) is 4.79 Å². The SMILES string of the molecule is CN(C)C(=O)C1CNCCN1c1ccc(C(F)(F)F)cn1. The number of carbonyl (C=O) groups excluding carboxylic acids is 1. The van der Waals surface area contributed by atoms with Gasteiger partial charge >= 0.3 is 6.18 Å². The summed E-state index contributed by atoms with van der Waals surface area (Å²) in [5.74, 6) is 0.272. The lowest BCUT2D eigenvalue weighted by Crippen LogP contribution is -2.58. The summed E-state index contributed by atoms with van der Waals surface area (Å²) in [7, 11) is 3.30. The van der Waals surface area contributed by atoms with Crippen molar-refractivity contribution in [3.63, 3.8) is 0 Å². The van der Waals surface area contributed by atoms with E-state index in [2.05, 4.69) is 10.3 Å². The number of rotatable bonds is 2. The van der Waals surface area contributed by atoms with Gasteiger partial charge in [-0.2, -0.15) is 13.2 Å². The quantitative estimate of drug-likeness (QED) is 0.884. The Bertz CT molecular complexity index is 501. The van der Waals surface area contributed by atoms with Crippen LogP contribution in [0.1, 0.15) is 5.56 Å². The van der Waals surface area contributed by atoms with Gasteiger partial charge in [-0.05, 0) is 12.1 Å². The number of likely N-dealkylation sites (N-methyl/N-ethyl adjacent to an activating group) is 1. The first-order chi connectivity index (χ1) is 9.80. The lowest BCUT2D eigenvalue weighted by Gasteiger charge is -2.37. The molecule has 0 bridgehead atoms. The third-order valence-corrected chi connectivity index (χ3v) is 3.34. The molecule has 0 aliphatic carbocycles. The van der Waals surface area contributed by atoms with Crippen LogP contribution in [-0.4, -0.2) is 55.6 Å². The summed E-state index contributed by atoms with van der Waals surface area (Å²) < 4.78 is 37.6. The van der Waals surface area contributed by atoms with Crippen molar-refractivity contribution in [1.82, 2.24) is 15.2 Å². The standard InChI is InChI=1S/C13H17F3N4O/c1-19(2)12(21)10-8-17-5-6-20(10)11-4-3-9(7-18-11)13(14,15)16/h3-4,7,10,17H,5-6,8H2,1-2H3. The second-order valence-corrected chi connectivity index (χ2v) is 5.05. The van der Waals surface area contributed by atoms with Gasteiger partial charge in [0.15, 0.2) is 0 Å². The van der Waals surface area contributed by atoms with E-state index in [1.54, 1.807) is 19.0 Å². The number of nitrogens with one attached hydrogen (secondary N) is 1. The van der Waals surface area contributed by atoms with Crippen molar-refractivity contribution in [3.05, 3.63) is 23.9 Å². The molecule has 1 aliphatic rings. The van der Waals surface area contributed by atoms with Crippen LogP contribution < -0.4 is 10.2 Å². The smallest absolute Gasteiger partial charge is 0.347 e. The number of piperazine rings is 1. The Hall–Kier alpha value is -1.83. The Morgan fingerprint density at radius 2 is 2.14 bits per heavy atom. The molecular weight excluding hydrogens is 285 g/mol. The third-order valence-electron chi connectivity index (χ3n) is 3.34. The van der Waals surface area contributed by atoms with Crippen LogP contribution in [0.4, 0.5) is 19.0 Å². The second kappa shape index (κ2) is 5.88. The number of alkyl halides is 3. The van der Waals surface area contributed by atoms with E-state index in [0.29, 0.717) is 25.5 Å². The maximum atomic E-state index is 12.5. The Kier molecular flexibility index (Phi) is 4.36. The van der Waals surface area contributed by atoms with Gasteiger partial charge in [-0.1, -0.05) is 0 Å². The lowest BCUT2D eigenvalue weighted by atomic mass is 10.1. The summed E-state index contributed by atoms with van der Waals surface area (Å²) in [6, 6.07) is 1.84. The Morgan fingerprint density at radius 1 is 1.43 bits per heavy atom. The van der Waals surface area contributed by atoms with E-state index >= 15 is 0 Å². The molecule has 1 unspecified atom stereocenters. The number of anilines is 1. The zero-order valence-corrected chi connectivity index (χ0v) is 11.8. The molecule has 1 N–H and O–H groups in total. The Morgan fingerprint density at radius 3 is 2.67 bits per heavy atom. The zero-order valence-electron chi connectivity index (χ0n) is 11.8. The van der Waals surface area contributed by atoms with Crippen molar-refractivity contribution in [1.29, 1.82) is 0 Å². The fourth-order valence-electron chi connectivity index (χ4n) is 2.22. The lowest BCUT2D eigenvalue weighted by molar-refractivity contribution is -0.137. The van der Waals surface area contributed by atoms with E-state index in [1.165, 1.54) is 11.0 Å². The molecule has 0 aromatic carbocycles. The molecule has 1 saturated heterocycles. The van der Waals surface area contributed by atoms with Gasteiger partial charge in [0.2, 0.25) is 5.91 Å². The minimum atomic E-state index is -4.41. The number of halogens is 3. The van der Waals surface area contributed by atoms with Gasteiger partial charge in [-0.15, -0.1) is 0 Å². The number of hydrogen-bond donors (Lipinski definition) is 1. The first-order valence-electron chi connectivity index (χ1n) is 6.52. The highest BCUT2D eigenvalue weighted by Gasteiger charge is 2.33. The molecule has 8 heteroatoms. The Balaban J connectivity index is 2.23. The topological polar surface area (TPSA) is 48.5 Å². The van der Waals surface area contributed by atoms with Crippen molar-refractivity contribution in [2.75, 3.05) is 38.6 Å². The molecule has 2 heterocycles. The molecule has 1 atom stereocenters. The van der Waals surface area contributed by atoms with E-state index in [1.807, 2.05) is 0 Å². The number of pyridine rings is 1. The third kappa shape index (κ3) is 3.44. The van der Waals surface area contributed by atoms with E-state index < -0.39 is 17.8 Å². The molecule has 116 valence electrons. The summed E-state index contributed by atoms with van der Waals surface area (Å²) in [5.41, 5.74) is -0.795. The molecule has 1 aromatic rings. The molecular formula is C13H17F3N4O. The highest BCUT2D eigenvalue weighted by molar-refractivity contribution is 5.85. The number of carbonyl (C=O) groups is 1. The average Bonchev–Trinajstić information content (AvgIpc) is 2.45. The van der Waals surface area contributed by atoms with Crippen LogP contribution in [0.2, 0.25) is 0 Å². The Labute approximate surface area is 120 Å². The number of hydrogen-bond acceptors (Lipinski definition) is 4. The van der Waals surface area contributed by atoms with Crippen LogP contribution in [0.5, 0.6) is 0 Å². The molecule has 0 saturated carbocycles. The fourth-order valence-corrected chi connectivity index (χ4v) is 2.22. The van der Waals surface area contributed by atoms with Crippen molar-refractivity contribution >= 4 is 11.7 Å². The zero-order chi connectivity index (χ0) is 15.6. The van der Waals surface area contributed by atoms with Gasteiger partial charge in [0.25, 0.3) is 0 Å². The van der Waals surface area contributed by atoms with E-state index in [4.69, 9.17) is 0 Å². The maximum Gasteiger partial charge on any atom is 0.417 e. The summed E-state index contributed by atoms with van der Waals surface area (Å²) in [6.07, 6.45) is -3.61. The van der Waals surface area contributed by atoms with Crippen LogP contribution in [0.25, 0.3) is 0 Å². The predicted molar refractivity (Wildman–Crippen MR) is 71.9 cm³/mol. The summed E-state index contributed by atoms with van der Waals surface area (Å²) in [6.45, 7) is 1.61. The molecule has 2 rings (SSSR count). The first kappa shape index (κ1) is 15.6. The summed E-state index contributed by atoms with van der Waals surface area (Å²) in [4.78, 5) is 19.2. The first-order valence-corrected chi connectivity index (χ1v) is 6.52. The normalized spacial score (nSPS) is 19.5. The molecule has 5 nitrogen and oxygen atoms in total. The minimum absolute atomic E-state index is 0.108. The molecule has 1 aromatic heterocycles. The maximum absolute atomic E-state index is 12.5. The van der Waals surface area contributed by atoms with E-state index in [0.717, 1.165) is 12.3 Å². The average molecular weight is 302 g/mol. The van der Waals surface area contributed by atoms with Gasteiger partial charge < -0.3 is 15.1 Å². The van der Waals surface area contributed by atoms with Gasteiger partial charge in [-0.25, -0.2) is 4.98 Å². The van der Waals surface area contributed by atoms with Crippen LogP contribution in [-0.2, 0) is 11.0 Å². The van der Waals surface area contributed by atoms with Gasteiger partial charge in [0, 0.05) is 39.9 Å². The van der Waals surface area contributed by atoms with Crippen LogP contribution >= 0.6 is 0 Å². The van der Waals surface area contributed by atoms with Gasteiger partial charge in [0.1, 0.15) is 11.9 Å². The number of nitrogens with zero attached hydrogens (tertiary/aromatic N) is 3. The monoisotopic (exact) mass is 302 g/mol. The molecule has 1 aliphatic heterocycles. The van der Waals surface area contributed by atoms with E-state index in [-0.39, 0.29) is 5.91 Å². The highest BCUT2D eigenvalue weighted by Crippen LogP contribution is 2.29. The predicted octanol–water partition coefficient (Wildman–Crippen LogP) is 0.967. The van der Waals surface area contributed by atoms with Crippen LogP contribution in [0.3, 0.4) is 0 Å². The largest absolute Gasteiger partial charge is 0.417 e. The van der Waals surface area contributed by atoms with Crippen molar-refractivity contribution in [2.24, 2.45) is 0 Å². The van der Waals surface area contributed by atoms with E-state index in [9.17, 15) is 18.0 Å². The summed E-state index contributed by atoms with van der Waals surface area (Å²) in [5, 5.41) is 3.11. The summed E-state index contributed by atoms with van der Waals surface area (Å²) >= 11 is 0. The number of aromatic nitrogens is 1. The molecule has 1 fully saturated rings. The van der Waals surface area contributed by atoms with Crippen LogP contribution in [0, 0.1) is 0 Å². The highest BCUT2D eigenvalue weighted by atomic mass is 19.4. The number of amides is 1. The molecule has 21 heavy (non-hydrogen) atoms. The van der Waals surface area contributed by atoms with Crippen molar-refractivity contribution < 1.29 is 18.0 Å². The van der Waals surface area contributed by atoms with Crippen LogP contribution in [0.15, 0.2) is 18.3 Å². The van der Waals surface area contributed by atoms with Crippen molar-refractivity contribution in [2.45, 2.75) is 12.2 Å². The molecule has 0 radical (unpaired) electrons. The molecule has 1 amide bonds. The van der Waals surface area contributed by atoms with Crippen molar-refractivity contribution in [3.8, 4) is 0 Å². The second-order valence-electron chi connectivity index (χ2n) is 5.05. The fraction of sp³-hybridized carbons (Fsp3) is 0.538. The molecule has 0 spiro atoms. The van der Waals surface area contributed by atoms with Gasteiger partial charge in [0.05, 0.1) is 5.56 Å². The minimum Gasteiger partial charge on any atom is -0.347 e.